The van der Waals surface area contributed by atoms with Crippen LogP contribution in [-0.2, 0) is 4.79 Å². The molecule has 4 nitrogen and oxygen atoms in total. The first-order chi connectivity index (χ1) is 9.51. The van der Waals surface area contributed by atoms with Gasteiger partial charge in [-0.1, -0.05) is 0 Å². The molecule has 2 heterocycles. The fourth-order valence-corrected chi connectivity index (χ4v) is 3.61. The van der Waals surface area contributed by atoms with Crippen molar-refractivity contribution >= 4 is 35.4 Å². The number of carbonyl (C=O) groups excluding carboxylic acids is 2. The molecule has 2 rings (SSSR count). The van der Waals surface area contributed by atoms with Gasteiger partial charge in [0.05, 0.1) is 0 Å². The van der Waals surface area contributed by atoms with Crippen LogP contribution in [0.1, 0.15) is 39.4 Å². The fraction of sp³-hybridized carbons (Fsp3) is 0.600. The number of nitrogens with zero attached hydrogens (tertiary/aromatic N) is 1. The number of rotatable bonds is 5. The molecule has 1 fully saturated rings. The number of carbonyl (C=O) groups is 2. The Morgan fingerprint density at radius 3 is 2.62 bits per heavy atom. The van der Waals surface area contributed by atoms with Gasteiger partial charge in [-0.05, 0) is 38.8 Å². The van der Waals surface area contributed by atoms with Crippen LogP contribution >= 0.6 is 23.7 Å². The minimum atomic E-state index is 0. The second-order valence-electron chi connectivity index (χ2n) is 5.48. The predicted octanol–water partition coefficient (Wildman–Crippen LogP) is 2.56. The summed E-state index contributed by atoms with van der Waals surface area (Å²) in [6.07, 6.45) is 1.60. The first-order valence-corrected chi connectivity index (χ1v) is 7.91. The number of thiophene rings is 1. The lowest BCUT2D eigenvalue weighted by molar-refractivity contribution is -0.130. The molecule has 0 bridgehead atoms. The maximum Gasteiger partial charge on any atom is 0.223 e. The van der Waals surface area contributed by atoms with Crippen molar-refractivity contribution in [1.82, 2.24) is 4.90 Å². The lowest BCUT2D eigenvalue weighted by atomic mass is 10.1. The summed E-state index contributed by atoms with van der Waals surface area (Å²) in [5, 5.41) is 0. The highest BCUT2D eigenvalue weighted by Gasteiger charge is 2.25. The predicted molar refractivity (Wildman–Crippen MR) is 88.3 cm³/mol. The van der Waals surface area contributed by atoms with Gasteiger partial charge in [0.2, 0.25) is 5.91 Å². The summed E-state index contributed by atoms with van der Waals surface area (Å²) < 4.78 is 0. The van der Waals surface area contributed by atoms with Gasteiger partial charge in [0.25, 0.3) is 0 Å². The van der Waals surface area contributed by atoms with Crippen LogP contribution in [0.3, 0.4) is 0 Å². The van der Waals surface area contributed by atoms with Crippen molar-refractivity contribution in [3.8, 4) is 0 Å². The maximum absolute atomic E-state index is 12.1. The number of halogens is 1. The molecule has 1 aromatic rings. The summed E-state index contributed by atoms with van der Waals surface area (Å²) in [5.74, 6) is 0.588. The summed E-state index contributed by atoms with van der Waals surface area (Å²) in [4.78, 5) is 28.2. The van der Waals surface area contributed by atoms with Gasteiger partial charge in [-0.2, -0.15) is 0 Å². The van der Waals surface area contributed by atoms with Crippen molar-refractivity contribution in [2.75, 3.05) is 19.6 Å². The number of amides is 1. The van der Waals surface area contributed by atoms with E-state index in [1.54, 1.807) is 11.3 Å². The van der Waals surface area contributed by atoms with Gasteiger partial charge in [0.1, 0.15) is 0 Å². The minimum absolute atomic E-state index is 0. The Balaban J connectivity index is 0.00000220. The molecule has 2 N–H and O–H groups in total. The van der Waals surface area contributed by atoms with Crippen LogP contribution < -0.4 is 5.73 Å². The van der Waals surface area contributed by atoms with E-state index in [0.717, 1.165) is 34.8 Å². The Morgan fingerprint density at radius 2 is 2.10 bits per heavy atom. The van der Waals surface area contributed by atoms with Crippen molar-refractivity contribution in [3.63, 3.8) is 0 Å². The lowest BCUT2D eigenvalue weighted by Crippen LogP contribution is -2.30. The van der Waals surface area contributed by atoms with Crippen molar-refractivity contribution in [2.24, 2.45) is 11.7 Å². The molecule has 0 aliphatic carbocycles. The third-order valence-corrected chi connectivity index (χ3v) is 4.85. The first kappa shape index (κ1) is 18.1. The summed E-state index contributed by atoms with van der Waals surface area (Å²) in [7, 11) is 0. The van der Waals surface area contributed by atoms with Crippen LogP contribution in [0.5, 0.6) is 0 Å². The van der Waals surface area contributed by atoms with Crippen molar-refractivity contribution in [3.05, 3.63) is 21.4 Å². The van der Waals surface area contributed by atoms with Crippen molar-refractivity contribution in [2.45, 2.75) is 33.1 Å². The van der Waals surface area contributed by atoms with Gasteiger partial charge < -0.3 is 10.6 Å². The van der Waals surface area contributed by atoms with E-state index in [0.29, 0.717) is 25.3 Å². The third kappa shape index (κ3) is 4.53. The van der Waals surface area contributed by atoms with E-state index in [1.807, 2.05) is 24.8 Å². The lowest BCUT2D eigenvalue weighted by Gasteiger charge is -2.15. The molecule has 1 aliphatic heterocycles. The highest BCUT2D eigenvalue weighted by molar-refractivity contribution is 7.12. The number of ketones is 1. The zero-order valence-corrected chi connectivity index (χ0v) is 14.2. The zero-order chi connectivity index (χ0) is 14.7. The smallest absolute Gasteiger partial charge is 0.223 e. The van der Waals surface area contributed by atoms with Gasteiger partial charge >= 0.3 is 0 Å². The minimum Gasteiger partial charge on any atom is -0.342 e. The molecule has 0 spiro atoms. The second-order valence-corrected chi connectivity index (χ2v) is 6.94. The van der Waals surface area contributed by atoms with Crippen LogP contribution in [0, 0.1) is 19.8 Å². The molecule has 1 saturated heterocycles. The molecule has 0 saturated carbocycles. The second kappa shape index (κ2) is 7.92. The molecule has 1 unspecified atom stereocenters. The molecule has 6 heteroatoms. The Bertz CT molecular complexity index is 516. The number of nitrogens with two attached hydrogens (primary N) is 1. The number of hydrogen-bond acceptors (Lipinski definition) is 4. The maximum atomic E-state index is 12.1. The van der Waals surface area contributed by atoms with Gasteiger partial charge in [-0.15, -0.1) is 23.7 Å². The highest BCUT2D eigenvalue weighted by atomic mass is 35.5. The van der Waals surface area contributed by atoms with Crippen LogP contribution in [0.25, 0.3) is 0 Å². The van der Waals surface area contributed by atoms with E-state index < -0.39 is 0 Å². The van der Waals surface area contributed by atoms with Gasteiger partial charge in [0, 0.05) is 41.2 Å². The van der Waals surface area contributed by atoms with Crippen LogP contribution in [0.2, 0.25) is 0 Å². The van der Waals surface area contributed by atoms with Crippen LogP contribution in [-0.4, -0.2) is 36.2 Å². The molecule has 1 aromatic heterocycles. The third-order valence-electron chi connectivity index (χ3n) is 3.88. The summed E-state index contributed by atoms with van der Waals surface area (Å²) in [5.41, 5.74) is 6.40. The SMILES string of the molecule is Cc1cc(C(=O)CCC(=O)N2CCC(CN)C2)c(C)s1.Cl. The van der Waals surface area contributed by atoms with E-state index in [9.17, 15) is 9.59 Å². The van der Waals surface area contributed by atoms with Gasteiger partial charge in [-0.3, -0.25) is 9.59 Å². The van der Waals surface area contributed by atoms with Crippen molar-refractivity contribution < 1.29 is 9.59 Å². The quantitative estimate of drug-likeness (QED) is 0.844. The average Bonchev–Trinajstić information content (AvgIpc) is 3.02. The number of Topliss-reactive ketones (excluding diaryl/α,β-unsaturated/α-hetero) is 1. The number of likely N-dealkylation sites (tertiary alicyclic amines) is 1. The van der Waals surface area contributed by atoms with E-state index in [1.165, 1.54) is 0 Å². The molecular formula is C15H23ClN2O2S. The normalized spacial score (nSPS) is 17.7. The Hall–Kier alpha value is -0.910. The molecule has 21 heavy (non-hydrogen) atoms. The molecule has 1 amide bonds. The summed E-state index contributed by atoms with van der Waals surface area (Å²) in [6, 6.07) is 1.92. The topological polar surface area (TPSA) is 63.4 Å². The van der Waals surface area contributed by atoms with Crippen molar-refractivity contribution in [1.29, 1.82) is 0 Å². The van der Waals surface area contributed by atoms with E-state index in [2.05, 4.69) is 0 Å². The molecule has 118 valence electrons. The number of hydrogen-bond donors (Lipinski definition) is 1. The Kier molecular flexibility index (Phi) is 6.84. The Morgan fingerprint density at radius 1 is 1.38 bits per heavy atom. The molecule has 0 radical (unpaired) electrons. The highest BCUT2D eigenvalue weighted by Crippen LogP contribution is 2.23. The van der Waals surface area contributed by atoms with Gasteiger partial charge in [-0.25, -0.2) is 0 Å². The fourth-order valence-electron chi connectivity index (χ4n) is 2.67. The average molecular weight is 331 g/mol. The van der Waals surface area contributed by atoms with Gasteiger partial charge in [0.15, 0.2) is 5.78 Å². The van der Waals surface area contributed by atoms with E-state index in [4.69, 9.17) is 5.73 Å². The van der Waals surface area contributed by atoms with E-state index in [-0.39, 0.29) is 24.1 Å². The van der Waals surface area contributed by atoms with Crippen LogP contribution in [0.4, 0.5) is 0 Å². The summed E-state index contributed by atoms with van der Waals surface area (Å²) >= 11 is 1.63. The van der Waals surface area contributed by atoms with E-state index >= 15 is 0 Å². The monoisotopic (exact) mass is 330 g/mol. The molecule has 1 aliphatic rings. The Labute approximate surface area is 136 Å². The molecule has 0 aromatic carbocycles. The molecule has 1 atom stereocenters. The number of aryl methyl sites for hydroxylation is 2. The molecular weight excluding hydrogens is 308 g/mol. The first-order valence-electron chi connectivity index (χ1n) is 7.09. The summed E-state index contributed by atoms with van der Waals surface area (Å²) in [6.45, 7) is 6.12. The standard InChI is InChI=1S/C15H22N2O2S.ClH/c1-10-7-13(11(2)20-10)14(18)3-4-15(19)17-6-5-12(8-16)9-17;/h7,12H,3-6,8-9,16H2,1-2H3;1H. The largest absolute Gasteiger partial charge is 0.342 e. The van der Waals surface area contributed by atoms with Crippen LogP contribution in [0.15, 0.2) is 6.07 Å². The zero-order valence-electron chi connectivity index (χ0n) is 12.6.